The summed E-state index contributed by atoms with van der Waals surface area (Å²) in [4.78, 5) is 9.06. The molecular weight excluding hydrogens is 272 g/mol. The van der Waals surface area contributed by atoms with Crippen LogP contribution in [0.3, 0.4) is 0 Å². The van der Waals surface area contributed by atoms with E-state index in [1.807, 2.05) is 23.8 Å². The summed E-state index contributed by atoms with van der Waals surface area (Å²) < 4.78 is 7.29. The lowest BCUT2D eigenvalue weighted by atomic mass is 10.2. The van der Waals surface area contributed by atoms with E-state index in [1.165, 1.54) is 0 Å². The van der Waals surface area contributed by atoms with E-state index >= 15 is 0 Å². The Labute approximate surface area is 121 Å². The Balaban J connectivity index is 1.89. The number of rotatable bonds is 4. The molecule has 0 aliphatic carbocycles. The van der Waals surface area contributed by atoms with E-state index in [4.69, 9.17) is 4.52 Å². The molecule has 0 spiro atoms. The largest absolute Gasteiger partial charge is 0.359 e. The fourth-order valence-corrected chi connectivity index (χ4v) is 2.94. The molecule has 104 valence electrons. The average molecular weight is 288 g/mol. The molecule has 6 heteroatoms. The van der Waals surface area contributed by atoms with E-state index < -0.39 is 0 Å². The molecule has 0 atom stereocenters. The number of nitrogens with zero attached hydrogens (tertiary/aromatic N) is 4. The van der Waals surface area contributed by atoms with E-state index in [0.717, 1.165) is 28.0 Å². The fourth-order valence-electron chi connectivity index (χ4n) is 1.95. The molecule has 3 aromatic rings. The molecule has 0 aliphatic rings. The molecule has 0 saturated carbocycles. The highest BCUT2D eigenvalue weighted by molar-refractivity contribution is 7.13. The van der Waals surface area contributed by atoms with Gasteiger partial charge in [0.2, 0.25) is 0 Å². The fraction of sp³-hybridized carbons (Fsp3) is 0.357. The highest BCUT2D eigenvalue weighted by Crippen LogP contribution is 2.26. The first kappa shape index (κ1) is 13.1. The van der Waals surface area contributed by atoms with E-state index in [1.54, 1.807) is 17.5 Å². The Hall–Kier alpha value is -1.95. The summed E-state index contributed by atoms with van der Waals surface area (Å²) in [5.41, 5.74) is 1.99. The molecule has 0 radical (unpaired) electrons. The predicted molar refractivity (Wildman–Crippen MR) is 77.8 cm³/mol. The van der Waals surface area contributed by atoms with Crippen molar-refractivity contribution < 1.29 is 4.52 Å². The maximum Gasteiger partial charge on any atom is 0.169 e. The van der Waals surface area contributed by atoms with Crippen LogP contribution >= 0.6 is 11.3 Å². The van der Waals surface area contributed by atoms with E-state index in [-0.39, 0.29) is 0 Å². The van der Waals surface area contributed by atoms with Crippen LogP contribution in [0.4, 0.5) is 0 Å². The van der Waals surface area contributed by atoms with Crippen molar-refractivity contribution in [1.82, 2.24) is 19.7 Å². The van der Waals surface area contributed by atoms with Gasteiger partial charge in [-0.1, -0.05) is 19.0 Å². The summed E-state index contributed by atoms with van der Waals surface area (Å²) in [6, 6.07) is 1.94. The normalized spacial score (nSPS) is 11.4. The first-order valence-corrected chi connectivity index (χ1v) is 7.40. The van der Waals surface area contributed by atoms with Crippen molar-refractivity contribution in [3.63, 3.8) is 0 Å². The van der Waals surface area contributed by atoms with Crippen LogP contribution in [0.1, 0.15) is 36.9 Å². The van der Waals surface area contributed by atoms with Crippen LogP contribution in [0.5, 0.6) is 0 Å². The number of hydrogen-bond donors (Lipinski definition) is 0. The third-order valence-corrected chi connectivity index (χ3v) is 3.88. The highest BCUT2D eigenvalue weighted by atomic mass is 32.1. The minimum atomic E-state index is 0.431. The molecule has 0 amide bonds. The number of thiazole rings is 1. The van der Waals surface area contributed by atoms with Gasteiger partial charge in [0, 0.05) is 23.8 Å². The SMILES string of the molecule is Cc1cc(Cn2ccnc2-c2nc(C(C)C)cs2)on1. The molecule has 0 unspecified atom stereocenters. The van der Waals surface area contributed by atoms with E-state index in [9.17, 15) is 0 Å². The van der Waals surface area contributed by atoms with Gasteiger partial charge >= 0.3 is 0 Å². The Bertz CT molecular complexity index is 710. The zero-order valence-corrected chi connectivity index (χ0v) is 12.5. The standard InChI is InChI=1S/C14H16N4OS/c1-9(2)12-8-20-14(16-12)13-15-4-5-18(13)7-11-6-10(3)17-19-11/h4-6,8-9H,7H2,1-3H3. The zero-order chi connectivity index (χ0) is 14.1. The predicted octanol–water partition coefficient (Wildman–Crippen LogP) is 3.47. The van der Waals surface area contributed by atoms with Gasteiger partial charge < -0.3 is 9.09 Å². The van der Waals surface area contributed by atoms with Crippen molar-refractivity contribution >= 4 is 11.3 Å². The maximum absolute atomic E-state index is 5.26. The third kappa shape index (κ3) is 2.51. The summed E-state index contributed by atoms with van der Waals surface area (Å²) in [5.74, 6) is 2.12. The molecule has 3 aromatic heterocycles. The van der Waals surface area contributed by atoms with Crippen LogP contribution in [0.15, 0.2) is 28.4 Å². The molecular formula is C14H16N4OS. The topological polar surface area (TPSA) is 56.7 Å². The molecule has 0 fully saturated rings. The first-order valence-electron chi connectivity index (χ1n) is 6.52. The molecule has 0 aliphatic heterocycles. The van der Waals surface area contributed by atoms with E-state index in [2.05, 4.69) is 34.4 Å². The van der Waals surface area contributed by atoms with Gasteiger partial charge in [0.1, 0.15) is 0 Å². The lowest BCUT2D eigenvalue weighted by Crippen LogP contribution is -2.00. The summed E-state index contributed by atoms with van der Waals surface area (Å²) in [7, 11) is 0. The van der Waals surface area contributed by atoms with Gasteiger partial charge in [-0.05, 0) is 12.8 Å². The molecule has 0 saturated heterocycles. The Morgan fingerprint density at radius 1 is 1.40 bits per heavy atom. The second kappa shape index (κ2) is 5.20. The number of imidazole rings is 1. The quantitative estimate of drug-likeness (QED) is 0.737. The van der Waals surface area contributed by atoms with E-state index in [0.29, 0.717) is 12.5 Å². The van der Waals surface area contributed by atoms with Crippen LogP contribution in [-0.4, -0.2) is 19.7 Å². The highest BCUT2D eigenvalue weighted by Gasteiger charge is 2.13. The number of aryl methyl sites for hydroxylation is 1. The second-order valence-corrected chi connectivity index (χ2v) is 5.90. The number of hydrogen-bond acceptors (Lipinski definition) is 5. The molecule has 3 heterocycles. The van der Waals surface area contributed by atoms with Crippen molar-refractivity contribution in [3.8, 4) is 10.8 Å². The van der Waals surface area contributed by atoms with Crippen molar-refractivity contribution in [1.29, 1.82) is 0 Å². The smallest absolute Gasteiger partial charge is 0.169 e. The summed E-state index contributed by atoms with van der Waals surface area (Å²) in [6.45, 7) is 6.82. The Kier molecular flexibility index (Phi) is 3.40. The number of aromatic nitrogens is 4. The third-order valence-electron chi connectivity index (χ3n) is 3.02. The first-order chi connectivity index (χ1) is 9.63. The zero-order valence-electron chi connectivity index (χ0n) is 11.7. The monoisotopic (exact) mass is 288 g/mol. The average Bonchev–Trinajstić information content (AvgIpc) is 3.10. The lowest BCUT2D eigenvalue weighted by Gasteiger charge is -2.03. The van der Waals surface area contributed by atoms with Crippen LogP contribution in [0.2, 0.25) is 0 Å². The van der Waals surface area contributed by atoms with Gasteiger partial charge in [-0.3, -0.25) is 0 Å². The minimum absolute atomic E-state index is 0.431. The Morgan fingerprint density at radius 3 is 2.90 bits per heavy atom. The van der Waals surface area contributed by atoms with Crippen molar-refractivity contribution in [2.75, 3.05) is 0 Å². The lowest BCUT2D eigenvalue weighted by molar-refractivity contribution is 0.373. The van der Waals surface area contributed by atoms with Crippen LogP contribution < -0.4 is 0 Å². The van der Waals surface area contributed by atoms with Gasteiger partial charge in [0.15, 0.2) is 16.6 Å². The summed E-state index contributed by atoms with van der Waals surface area (Å²) >= 11 is 1.62. The summed E-state index contributed by atoms with van der Waals surface area (Å²) in [5, 5.41) is 6.94. The maximum atomic E-state index is 5.26. The molecule has 20 heavy (non-hydrogen) atoms. The minimum Gasteiger partial charge on any atom is -0.359 e. The van der Waals surface area contributed by atoms with Crippen LogP contribution in [0, 0.1) is 6.92 Å². The Morgan fingerprint density at radius 2 is 2.25 bits per heavy atom. The van der Waals surface area contributed by atoms with Crippen molar-refractivity contribution in [2.24, 2.45) is 0 Å². The molecule has 0 N–H and O–H groups in total. The molecule has 0 bridgehead atoms. The second-order valence-electron chi connectivity index (χ2n) is 5.05. The van der Waals surface area contributed by atoms with Gasteiger partial charge in [-0.2, -0.15) is 0 Å². The van der Waals surface area contributed by atoms with Crippen LogP contribution in [0.25, 0.3) is 10.8 Å². The van der Waals surface area contributed by atoms with Crippen molar-refractivity contribution in [3.05, 3.63) is 41.0 Å². The van der Waals surface area contributed by atoms with Gasteiger partial charge in [0.05, 0.1) is 17.9 Å². The van der Waals surface area contributed by atoms with Gasteiger partial charge in [-0.25, -0.2) is 9.97 Å². The van der Waals surface area contributed by atoms with Crippen molar-refractivity contribution in [2.45, 2.75) is 33.2 Å². The van der Waals surface area contributed by atoms with Crippen LogP contribution in [-0.2, 0) is 6.54 Å². The van der Waals surface area contributed by atoms with Gasteiger partial charge in [-0.15, -0.1) is 11.3 Å². The molecule has 5 nitrogen and oxygen atoms in total. The van der Waals surface area contributed by atoms with Gasteiger partial charge in [0.25, 0.3) is 0 Å². The summed E-state index contributed by atoms with van der Waals surface area (Å²) in [6.07, 6.45) is 3.72. The molecule has 3 rings (SSSR count). The molecule has 0 aromatic carbocycles.